The Morgan fingerprint density at radius 1 is 1.04 bits per heavy atom. The van der Waals surface area contributed by atoms with Crippen molar-refractivity contribution < 1.29 is 19.4 Å². The summed E-state index contributed by atoms with van der Waals surface area (Å²) in [6, 6.07) is 0.441. The zero-order chi connectivity index (χ0) is 17.9. The van der Waals surface area contributed by atoms with E-state index < -0.39 is 0 Å². The molecule has 0 aromatic carbocycles. The Kier molecular flexibility index (Phi) is 8.98. The second-order valence-electron chi connectivity index (χ2n) is 7.56. The zero-order valence-electron chi connectivity index (χ0n) is 15.1. The first-order valence-corrected chi connectivity index (χ1v) is 9.82. The average Bonchev–Trinajstić information content (AvgIpc) is 2.62. The highest BCUT2D eigenvalue weighted by atomic mass is 16.5. The van der Waals surface area contributed by atoms with Gasteiger partial charge in [0.05, 0.1) is 12.6 Å². The second kappa shape index (κ2) is 11.3. The molecule has 2 fully saturated rings. The van der Waals surface area contributed by atoms with Gasteiger partial charge < -0.3 is 15.2 Å². The Labute approximate surface area is 150 Å². The van der Waals surface area contributed by atoms with Crippen LogP contribution in [-0.2, 0) is 9.53 Å². The molecule has 0 atom stereocenters. The van der Waals surface area contributed by atoms with Crippen molar-refractivity contribution in [2.75, 3.05) is 13.2 Å². The number of nitrogens with one attached hydrogen (secondary N) is 1. The fourth-order valence-electron chi connectivity index (χ4n) is 4.19. The molecule has 2 rings (SSSR count). The van der Waals surface area contributed by atoms with Crippen molar-refractivity contribution in [2.45, 2.75) is 82.7 Å². The maximum atomic E-state index is 11.7. The molecule has 0 aromatic heterocycles. The third-order valence-corrected chi connectivity index (χ3v) is 5.67. The van der Waals surface area contributed by atoms with E-state index in [0.717, 1.165) is 37.5 Å². The van der Waals surface area contributed by atoms with Crippen molar-refractivity contribution in [3.05, 3.63) is 0 Å². The second-order valence-corrected chi connectivity index (χ2v) is 7.56. The van der Waals surface area contributed by atoms with E-state index in [9.17, 15) is 9.59 Å². The monoisotopic (exact) mass is 352 g/mol. The summed E-state index contributed by atoms with van der Waals surface area (Å²) < 4.78 is 5.13. The van der Waals surface area contributed by atoms with Crippen LogP contribution < -0.4 is 5.32 Å². The van der Waals surface area contributed by atoms with E-state index in [2.05, 4.69) is 10.3 Å². The van der Waals surface area contributed by atoms with Crippen LogP contribution in [0.1, 0.15) is 70.6 Å². The van der Waals surface area contributed by atoms with Gasteiger partial charge in [-0.2, -0.15) is 0 Å². The minimum atomic E-state index is -0.324. The molecule has 2 N–H and O–H groups in total. The standard InChI is InChI=1S/C19H32N2O4/c22-11-1-2-12-25-19(24)21-18-9-5-16(6-10-18)13-15-3-7-17(8-4-15)20-14-23/h15-18,22H,1-13H2,(H,21,24). The van der Waals surface area contributed by atoms with E-state index >= 15 is 0 Å². The first kappa shape index (κ1) is 19.9. The summed E-state index contributed by atoms with van der Waals surface area (Å²) >= 11 is 0. The van der Waals surface area contributed by atoms with Crippen LogP contribution in [0.15, 0.2) is 4.99 Å². The van der Waals surface area contributed by atoms with E-state index in [0.29, 0.717) is 19.4 Å². The van der Waals surface area contributed by atoms with E-state index in [1.54, 1.807) is 6.08 Å². The number of alkyl carbamates (subject to hydrolysis) is 1. The van der Waals surface area contributed by atoms with Crippen molar-refractivity contribution >= 4 is 12.2 Å². The molecule has 2 aliphatic rings. The highest BCUT2D eigenvalue weighted by Gasteiger charge is 2.27. The van der Waals surface area contributed by atoms with E-state index in [-0.39, 0.29) is 24.8 Å². The van der Waals surface area contributed by atoms with Gasteiger partial charge in [0.25, 0.3) is 0 Å². The van der Waals surface area contributed by atoms with Gasteiger partial charge in [0.15, 0.2) is 0 Å². The normalized spacial score (nSPS) is 29.5. The molecule has 2 saturated carbocycles. The Morgan fingerprint density at radius 3 is 2.28 bits per heavy atom. The molecule has 6 nitrogen and oxygen atoms in total. The van der Waals surface area contributed by atoms with Crippen LogP contribution in [0.25, 0.3) is 0 Å². The quantitative estimate of drug-likeness (QED) is 0.398. The van der Waals surface area contributed by atoms with Gasteiger partial charge in [-0.1, -0.05) is 0 Å². The predicted octanol–water partition coefficient (Wildman–Crippen LogP) is 3.33. The average molecular weight is 352 g/mol. The molecule has 0 bridgehead atoms. The fraction of sp³-hybridized carbons (Fsp3) is 0.895. The molecule has 2 aliphatic carbocycles. The summed E-state index contributed by atoms with van der Waals surface area (Å²) in [5.74, 6) is 1.53. The molecule has 6 heteroatoms. The van der Waals surface area contributed by atoms with E-state index in [1.165, 1.54) is 32.1 Å². The van der Waals surface area contributed by atoms with Crippen LogP contribution in [0, 0.1) is 11.8 Å². The highest BCUT2D eigenvalue weighted by molar-refractivity contribution is 5.67. The van der Waals surface area contributed by atoms with Crippen LogP contribution in [0.5, 0.6) is 0 Å². The predicted molar refractivity (Wildman–Crippen MR) is 95.0 cm³/mol. The number of unbranched alkanes of at least 4 members (excludes halogenated alkanes) is 1. The number of carbonyl (C=O) groups is 1. The number of carbonyl (C=O) groups excluding carboxylic acids is 2. The van der Waals surface area contributed by atoms with Crippen LogP contribution in [0.2, 0.25) is 0 Å². The van der Waals surface area contributed by atoms with Crippen LogP contribution in [0.4, 0.5) is 4.79 Å². The molecular formula is C19H32N2O4. The molecule has 0 spiro atoms. The van der Waals surface area contributed by atoms with E-state index in [1.807, 2.05) is 0 Å². The van der Waals surface area contributed by atoms with Crippen LogP contribution in [0.3, 0.4) is 0 Å². The number of hydrogen-bond donors (Lipinski definition) is 2. The number of rotatable bonds is 8. The van der Waals surface area contributed by atoms with Gasteiger partial charge in [-0.15, -0.1) is 0 Å². The number of aliphatic hydroxyl groups is 1. The molecule has 0 heterocycles. The Bertz CT molecular complexity index is 435. The third kappa shape index (κ3) is 7.57. The van der Waals surface area contributed by atoms with Gasteiger partial charge in [-0.25, -0.2) is 14.6 Å². The van der Waals surface area contributed by atoms with Gasteiger partial charge in [-0.3, -0.25) is 0 Å². The summed E-state index contributed by atoms with van der Waals surface area (Å²) in [5.41, 5.74) is 0. The number of amides is 1. The van der Waals surface area contributed by atoms with Crippen LogP contribution >= 0.6 is 0 Å². The van der Waals surface area contributed by atoms with Gasteiger partial charge in [0.2, 0.25) is 6.08 Å². The molecular weight excluding hydrogens is 320 g/mol. The van der Waals surface area contributed by atoms with Crippen LogP contribution in [-0.4, -0.2) is 42.6 Å². The van der Waals surface area contributed by atoms with Gasteiger partial charge in [0, 0.05) is 12.6 Å². The lowest BCUT2D eigenvalue weighted by Crippen LogP contribution is -2.38. The minimum Gasteiger partial charge on any atom is -0.450 e. The maximum Gasteiger partial charge on any atom is 0.407 e. The lowest BCUT2D eigenvalue weighted by Gasteiger charge is -2.33. The number of aliphatic hydroxyl groups excluding tert-OH is 1. The third-order valence-electron chi connectivity index (χ3n) is 5.67. The van der Waals surface area contributed by atoms with Gasteiger partial charge >= 0.3 is 6.09 Å². The number of hydrogen-bond acceptors (Lipinski definition) is 5. The number of nitrogens with zero attached hydrogens (tertiary/aromatic N) is 1. The topological polar surface area (TPSA) is 88.0 Å². The summed E-state index contributed by atoms with van der Waals surface area (Å²) in [6.45, 7) is 0.513. The molecule has 0 aliphatic heterocycles. The van der Waals surface area contributed by atoms with Gasteiger partial charge in [-0.05, 0) is 82.5 Å². The maximum absolute atomic E-state index is 11.7. The van der Waals surface area contributed by atoms with Crippen molar-refractivity contribution in [3.63, 3.8) is 0 Å². The summed E-state index contributed by atoms with van der Waals surface area (Å²) in [5, 5.41) is 11.7. The van der Waals surface area contributed by atoms with Crippen molar-refractivity contribution in [1.29, 1.82) is 0 Å². The van der Waals surface area contributed by atoms with Gasteiger partial charge in [0.1, 0.15) is 0 Å². The number of aliphatic imine (C=N–C) groups is 1. The summed E-state index contributed by atoms with van der Waals surface area (Å²) in [6.07, 6.45) is 12.8. The Balaban J connectivity index is 1.57. The molecule has 25 heavy (non-hydrogen) atoms. The molecule has 0 radical (unpaired) electrons. The molecule has 1 amide bonds. The number of ether oxygens (including phenoxy) is 1. The van der Waals surface area contributed by atoms with Crippen molar-refractivity contribution in [1.82, 2.24) is 5.32 Å². The zero-order valence-corrected chi connectivity index (χ0v) is 15.1. The molecule has 0 aromatic rings. The first-order valence-electron chi connectivity index (χ1n) is 9.82. The van der Waals surface area contributed by atoms with E-state index in [4.69, 9.17) is 9.84 Å². The summed E-state index contributed by atoms with van der Waals surface area (Å²) in [4.78, 5) is 25.9. The first-order chi connectivity index (χ1) is 12.2. The number of isocyanates is 1. The molecule has 0 saturated heterocycles. The lowest BCUT2D eigenvalue weighted by molar-refractivity contribution is 0.131. The molecule has 0 unspecified atom stereocenters. The Morgan fingerprint density at radius 2 is 1.68 bits per heavy atom. The fourth-order valence-corrected chi connectivity index (χ4v) is 4.19. The SMILES string of the molecule is O=C=NC1CCC(CC2CCC(NC(=O)OCCCCO)CC2)CC1. The Hall–Kier alpha value is -1.39. The smallest absolute Gasteiger partial charge is 0.407 e. The summed E-state index contributed by atoms with van der Waals surface area (Å²) in [7, 11) is 0. The minimum absolute atomic E-state index is 0.140. The highest BCUT2D eigenvalue weighted by Crippen LogP contribution is 2.36. The van der Waals surface area contributed by atoms with Crippen molar-refractivity contribution in [3.8, 4) is 0 Å². The molecule has 142 valence electrons. The van der Waals surface area contributed by atoms with Crippen molar-refractivity contribution in [2.24, 2.45) is 16.8 Å². The largest absolute Gasteiger partial charge is 0.450 e. The lowest BCUT2D eigenvalue weighted by atomic mass is 9.76.